The molecule has 0 bridgehead atoms. The van der Waals surface area contributed by atoms with Crippen LogP contribution in [0.15, 0.2) is 79.0 Å². The van der Waals surface area contributed by atoms with E-state index in [2.05, 4.69) is 24.3 Å². The fourth-order valence-electron chi connectivity index (χ4n) is 2.80. The summed E-state index contributed by atoms with van der Waals surface area (Å²) in [5.74, 6) is 0. The van der Waals surface area contributed by atoms with Crippen LogP contribution in [0.5, 0.6) is 0 Å². The zero-order chi connectivity index (χ0) is 14.2. The number of hydrogen-bond donors (Lipinski definition) is 0. The van der Waals surface area contributed by atoms with Crippen LogP contribution in [0, 0.1) is 5.21 Å². The Morgan fingerprint density at radius 2 is 1.43 bits per heavy atom. The van der Waals surface area contributed by atoms with Crippen LogP contribution >= 0.6 is 0 Å². The smallest absolute Gasteiger partial charge is 0.224 e. The highest BCUT2D eigenvalue weighted by Gasteiger charge is 2.10. The molecule has 1 aromatic heterocycles. The van der Waals surface area contributed by atoms with Crippen LogP contribution in [-0.4, -0.2) is 0 Å². The topological polar surface area (TPSA) is 26.9 Å². The first-order valence-electron chi connectivity index (χ1n) is 6.93. The molecule has 0 aliphatic carbocycles. The quantitative estimate of drug-likeness (QED) is 0.288. The minimum Gasteiger partial charge on any atom is -0.618 e. The normalized spacial score (nSPS) is 11.0. The van der Waals surface area contributed by atoms with Gasteiger partial charge in [-0.3, -0.25) is 0 Å². The Labute approximate surface area is 122 Å². The average Bonchev–Trinajstić information content (AvgIpc) is 2.55. The van der Waals surface area contributed by atoms with Gasteiger partial charge in [0.15, 0.2) is 6.20 Å². The molecule has 2 nitrogen and oxygen atoms in total. The molecule has 4 rings (SSSR count). The van der Waals surface area contributed by atoms with Crippen LogP contribution in [0.1, 0.15) is 0 Å². The van der Waals surface area contributed by atoms with E-state index in [4.69, 9.17) is 0 Å². The minimum absolute atomic E-state index is 0.702. The molecular formula is C19H13NO. The third kappa shape index (κ3) is 1.93. The van der Waals surface area contributed by atoms with Crippen molar-refractivity contribution in [2.45, 2.75) is 0 Å². The van der Waals surface area contributed by atoms with E-state index in [0.29, 0.717) is 5.52 Å². The van der Waals surface area contributed by atoms with Crippen LogP contribution in [0.4, 0.5) is 0 Å². The van der Waals surface area contributed by atoms with Gasteiger partial charge in [0, 0.05) is 16.8 Å². The maximum absolute atomic E-state index is 12.2. The summed E-state index contributed by atoms with van der Waals surface area (Å²) in [7, 11) is 0. The first kappa shape index (κ1) is 11.9. The number of pyridine rings is 1. The predicted molar refractivity (Wildman–Crippen MR) is 85.9 cm³/mol. The lowest BCUT2D eigenvalue weighted by atomic mass is 10.0. The Morgan fingerprint density at radius 3 is 2.29 bits per heavy atom. The predicted octanol–water partition coefficient (Wildman–Crippen LogP) is 4.29. The number of benzene rings is 3. The second-order valence-corrected chi connectivity index (χ2v) is 5.14. The molecule has 2 heteroatoms. The molecule has 0 radical (unpaired) electrons. The van der Waals surface area contributed by atoms with Gasteiger partial charge in [0.25, 0.3) is 0 Å². The van der Waals surface area contributed by atoms with Crippen molar-refractivity contribution in [3.8, 4) is 11.1 Å². The van der Waals surface area contributed by atoms with Gasteiger partial charge in [-0.15, -0.1) is 0 Å². The first-order chi connectivity index (χ1) is 10.3. The van der Waals surface area contributed by atoms with Crippen molar-refractivity contribution >= 4 is 21.7 Å². The summed E-state index contributed by atoms with van der Waals surface area (Å²) >= 11 is 0. The average molecular weight is 271 g/mol. The van der Waals surface area contributed by atoms with Gasteiger partial charge in [-0.05, 0) is 29.3 Å². The van der Waals surface area contributed by atoms with Gasteiger partial charge in [-0.25, -0.2) is 0 Å². The summed E-state index contributed by atoms with van der Waals surface area (Å²) < 4.78 is 0.951. The largest absolute Gasteiger partial charge is 0.618 e. The van der Waals surface area contributed by atoms with Crippen molar-refractivity contribution in [1.29, 1.82) is 0 Å². The molecular weight excluding hydrogens is 258 g/mol. The van der Waals surface area contributed by atoms with Crippen molar-refractivity contribution in [3.63, 3.8) is 0 Å². The first-order valence-corrected chi connectivity index (χ1v) is 6.93. The monoisotopic (exact) mass is 271 g/mol. The van der Waals surface area contributed by atoms with Crippen molar-refractivity contribution < 1.29 is 4.73 Å². The third-order valence-electron chi connectivity index (χ3n) is 3.85. The lowest BCUT2D eigenvalue weighted by molar-refractivity contribution is -0.575. The van der Waals surface area contributed by atoms with Gasteiger partial charge in [0.2, 0.25) is 5.52 Å². The fourth-order valence-corrected chi connectivity index (χ4v) is 2.80. The maximum atomic E-state index is 12.2. The zero-order valence-corrected chi connectivity index (χ0v) is 11.4. The molecule has 21 heavy (non-hydrogen) atoms. The summed E-state index contributed by atoms with van der Waals surface area (Å²) in [5, 5.41) is 15.2. The lowest BCUT2D eigenvalue weighted by Gasteiger charge is -2.08. The highest BCUT2D eigenvalue weighted by molar-refractivity contribution is 6.05. The zero-order valence-electron chi connectivity index (χ0n) is 11.4. The molecule has 0 fully saturated rings. The fraction of sp³-hybridized carbons (Fsp3) is 0. The molecule has 0 saturated heterocycles. The molecule has 1 heterocycles. The highest BCUT2D eigenvalue weighted by Crippen LogP contribution is 2.27. The van der Waals surface area contributed by atoms with Gasteiger partial charge < -0.3 is 5.21 Å². The Hall–Kier alpha value is -2.87. The van der Waals surface area contributed by atoms with E-state index in [9.17, 15) is 5.21 Å². The molecule has 0 unspecified atom stereocenters. The van der Waals surface area contributed by atoms with E-state index in [1.165, 1.54) is 0 Å². The summed E-state index contributed by atoms with van der Waals surface area (Å²) in [6, 6.07) is 24.2. The summed E-state index contributed by atoms with van der Waals surface area (Å²) in [4.78, 5) is 0. The van der Waals surface area contributed by atoms with Crippen LogP contribution < -0.4 is 4.73 Å². The molecule has 4 aromatic rings. The molecule has 0 amide bonds. The molecule has 0 atom stereocenters. The summed E-state index contributed by atoms with van der Waals surface area (Å²) in [5.41, 5.74) is 2.98. The van der Waals surface area contributed by atoms with E-state index >= 15 is 0 Å². The minimum atomic E-state index is 0.702. The Morgan fingerprint density at radius 1 is 0.667 bits per heavy atom. The summed E-state index contributed by atoms with van der Waals surface area (Å²) in [6.07, 6.45) is 1.64. The second-order valence-electron chi connectivity index (χ2n) is 5.14. The van der Waals surface area contributed by atoms with Crippen molar-refractivity contribution in [2.24, 2.45) is 0 Å². The molecule has 100 valence electrons. The Balaban J connectivity index is 2.08. The van der Waals surface area contributed by atoms with Gasteiger partial charge in [0.1, 0.15) is 0 Å². The van der Waals surface area contributed by atoms with Crippen LogP contribution in [0.25, 0.3) is 32.8 Å². The van der Waals surface area contributed by atoms with E-state index in [1.807, 2.05) is 48.5 Å². The van der Waals surface area contributed by atoms with Crippen LogP contribution in [-0.2, 0) is 0 Å². The maximum Gasteiger partial charge on any atom is 0.224 e. The molecule has 0 spiro atoms. The molecule has 0 aliphatic rings. The van der Waals surface area contributed by atoms with Gasteiger partial charge in [0.05, 0.1) is 5.39 Å². The van der Waals surface area contributed by atoms with E-state index in [1.54, 1.807) is 6.20 Å². The SMILES string of the molecule is [O-][n+]1cc2ccccc2c2cc(-c3ccccc3)ccc21. The second kappa shape index (κ2) is 4.60. The lowest BCUT2D eigenvalue weighted by Crippen LogP contribution is -2.26. The van der Waals surface area contributed by atoms with Crippen molar-refractivity contribution in [1.82, 2.24) is 0 Å². The van der Waals surface area contributed by atoms with Crippen LogP contribution in [0.3, 0.4) is 0 Å². The molecule has 0 aliphatic heterocycles. The van der Waals surface area contributed by atoms with Gasteiger partial charge in [-0.2, -0.15) is 4.73 Å². The Kier molecular flexibility index (Phi) is 2.61. The number of nitrogens with zero attached hydrogens (tertiary/aromatic N) is 1. The number of rotatable bonds is 1. The van der Waals surface area contributed by atoms with Gasteiger partial charge >= 0.3 is 0 Å². The Bertz CT molecular complexity index is 945. The number of fused-ring (bicyclic) bond motifs is 3. The van der Waals surface area contributed by atoms with Gasteiger partial charge in [-0.1, -0.05) is 48.5 Å². The highest BCUT2D eigenvalue weighted by atomic mass is 16.5. The van der Waals surface area contributed by atoms with Crippen LogP contribution in [0.2, 0.25) is 0 Å². The van der Waals surface area contributed by atoms with Crippen molar-refractivity contribution in [3.05, 3.63) is 84.2 Å². The van der Waals surface area contributed by atoms with E-state index in [0.717, 1.165) is 32.0 Å². The molecule has 3 aromatic carbocycles. The molecule has 0 N–H and O–H groups in total. The number of aromatic nitrogens is 1. The van der Waals surface area contributed by atoms with E-state index < -0.39 is 0 Å². The number of hydrogen-bond acceptors (Lipinski definition) is 1. The molecule has 0 saturated carbocycles. The summed E-state index contributed by atoms with van der Waals surface area (Å²) in [6.45, 7) is 0. The van der Waals surface area contributed by atoms with Crippen molar-refractivity contribution in [2.75, 3.05) is 0 Å². The standard InChI is InChI=1S/C19H13NO/c21-20-13-16-8-4-5-9-17(16)18-12-15(10-11-19(18)20)14-6-2-1-3-7-14/h1-13H. The van der Waals surface area contributed by atoms with E-state index in [-0.39, 0.29) is 0 Å². The third-order valence-corrected chi connectivity index (χ3v) is 3.85.